The number of nitrogens with one attached hydrogen (secondary N) is 1. The van der Waals surface area contributed by atoms with Gasteiger partial charge in [-0.05, 0) is 37.5 Å². The average Bonchev–Trinajstić information content (AvgIpc) is 3.63. The number of fused-ring (bicyclic) bond motifs is 2. The van der Waals surface area contributed by atoms with E-state index >= 15 is 0 Å². The van der Waals surface area contributed by atoms with Crippen molar-refractivity contribution in [2.45, 2.75) is 62.9 Å². The SMILES string of the molecule is C[C@H](CCc1ccccc1)NC(=O)[C@H]1[C@H]2C=C[C@]3(O2)[C@H]1C(=O)N1[C@H](c2ccco2)CC(=O)[C@@H](C)[C@@H]13. The summed E-state index contributed by atoms with van der Waals surface area (Å²) in [5.41, 5.74) is 0.265. The van der Waals surface area contributed by atoms with Crippen molar-refractivity contribution in [1.29, 1.82) is 0 Å². The summed E-state index contributed by atoms with van der Waals surface area (Å²) in [6, 6.07) is 12.8. The fourth-order valence-electron chi connectivity index (χ4n) is 6.70. The fraction of sp³-hybridized carbons (Fsp3) is 0.464. The first-order valence-electron chi connectivity index (χ1n) is 12.5. The zero-order valence-corrected chi connectivity index (χ0v) is 19.9. The summed E-state index contributed by atoms with van der Waals surface area (Å²) in [6.07, 6.45) is 6.80. The molecule has 4 aliphatic rings. The molecule has 2 bridgehead atoms. The van der Waals surface area contributed by atoms with Gasteiger partial charge in [-0.1, -0.05) is 49.4 Å². The molecule has 7 nitrogen and oxygen atoms in total. The quantitative estimate of drug-likeness (QED) is 0.650. The summed E-state index contributed by atoms with van der Waals surface area (Å²) in [5, 5.41) is 3.14. The third-order valence-corrected chi connectivity index (χ3v) is 8.35. The molecule has 2 amide bonds. The highest BCUT2D eigenvalue weighted by Gasteiger charge is 2.74. The van der Waals surface area contributed by atoms with Crippen LogP contribution in [0.25, 0.3) is 0 Å². The van der Waals surface area contributed by atoms with E-state index in [0.29, 0.717) is 5.76 Å². The lowest BCUT2D eigenvalue weighted by Crippen LogP contribution is -2.55. The number of hydrogen-bond donors (Lipinski definition) is 1. The Morgan fingerprint density at radius 3 is 2.74 bits per heavy atom. The second kappa shape index (κ2) is 8.19. The minimum absolute atomic E-state index is 0.0442. The van der Waals surface area contributed by atoms with Gasteiger partial charge in [0.15, 0.2) is 0 Å². The zero-order chi connectivity index (χ0) is 24.3. The van der Waals surface area contributed by atoms with Gasteiger partial charge >= 0.3 is 0 Å². The van der Waals surface area contributed by atoms with Gasteiger partial charge in [-0.3, -0.25) is 14.4 Å². The van der Waals surface area contributed by atoms with Crippen LogP contribution in [0.3, 0.4) is 0 Å². The van der Waals surface area contributed by atoms with Crippen LogP contribution >= 0.6 is 0 Å². The number of nitrogens with zero attached hydrogens (tertiary/aromatic N) is 1. The summed E-state index contributed by atoms with van der Waals surface area (Å²) in [5.74, 6) is -1.25. The first kappa shape index (κ1) is 22.3. The van der Waals surface area contributed by atoms with Crippen LogP contribution in [-0.4, -0.2) is 46.3 Å². The predicted molar refractivity (Wildman–Crippen MR) is 127 cm³/mol. The fourth-order valence-corrected chi connectivity index (χ4v) is 6.70. The van der Waals surface area contributed by atoms with Gasteiger partial charge in [-0.15, -0.1) is 0 Å². The lowest BCUT2D eigenvalue weighted by molar-refractivity contribution is -0.148. The summed E-state index contributed by atoms with van der Waals surface area (Å²) >= 11 is 0. The molecule has 1 N–H and O–H groups in total. The lowest BCUT2D eigenvalue weighted by atomic mass is 9.70. The Bertz CT molecular complexity index is 1180. The predicted octanol–water partition coefficient (Wildman–Crippen LogP) is 3.22. The van der Waals surface area contributed by atoms with Crippen LogP contribution < -0.4 is 5.32 Å². The van der Waals surface area contributed by atoms with Gasteiger partial charge in [0, 0.05) is 18.4 Å². The molecule has 1 aromatic carbocycles. The topological polar surface area (TPSA) is 88.8 Å². The summed E-state index contributed by atoms with van der Waals surface area (Å²) in [6.45, 7) is 3.86. The first-order chi connectivity index (χ1) is 16.9. The van der Waals surface area contributed by atoms with Crippen molar-refractivity contribution in [3.63, 3.8) is 0 Å². The maximum absolute atomic E-state index is 14.0. The third-order valence-electron chi connectivity index (χ3n) is 8.35. The molecule has 35 heavy (non-hydrogen) atoms. The van der Waals surface area contributed by atoms with Crippen LogP contribution in [0.2, 0.25) is 0 Å². The van der Waals surface area contributed by atoms with Gasteiger partial charge in [-0.2, -0.15) is 0 Å². The molecule has 1 aromatic heterocycles. The Morgan fingerprint density at radius 2 is 2.00 bits per heavy atom. The Kier molecular flexibility index (Phi) is 5.22. The number of Topliss-reactive ketones (excluding diaryl/α,β-unsaturated/α-hetero) is 1. The maximum atomic E-state index is 14.0. The number of carbonyl (C=O) groups excluding carboxylic acids is 3. The molecular formula is C28H30N2O5. The average molecular weight is 475 g/mol. The molecule has 3 saturated heterocycles. The highest BCUT2D eigenvalue weighted by Crippen LogP contribution is 2.59. The molecule has 7 heteroatoms. The van der Waals surface area contributed by atoms with Crippen molar-refractivity contribution in [2.75, 3.05) is 0 Å². The zero-order valence-electron chi connectivity index (χ0n) is 19.9. The number of ether oxygens (including phenoxy) is 1. The van der Waals surface area contributed by atoms with Crippen molar-refractivity contribution in [3.8, 4) is 0 Å². The number of aryl methyl sites for hydroxylation is 1. The van der Waals surface area contributed by atoms with Crippen molar-refractivity contribution < 1.29 is 23.5 Å². The molecule has 8 atom stereocenters. The summed E-state index contributed by atoms with van der Waals surface area (Å²) < 4.78 is 12.1. The van der Waals surface area contributed by atoms with Crippen LogP contribution in [0.4, 0.5) is 0 Å². The molecular weight excluding hydrogens is 444 g/mol. The van der Waals surface area contributed by atoms with E-state index < -0.39 is 35.6 Å². The Labute approximate surface area is 204 Å². The number of carbonyl (C=O) groups is 3. The monoisotopic (exact) mass is 474 g/mol. The molecule has 0 aliphatic carbocycles. The second-order valence-corrected chi connectivity index (χ2v) is 10.4. The number of piperidine rings is 1. The van der Waals surface area contributed by atoms with Crippen LogP contribution in [0.15, 0.2) is 65.3 Å². The van der Waals surface area contributed by atoms with Crippen LogP contribution in [-0.2, 0) is 25.5 Å². The van der Waals surface area contributed by atoms with Crippen molar-refractivity contribution >= 4 is 17.6 Å². The number of amides is 2. The van der Waals surface area contributed by atoms with E-state index in [1.165, 1.54) is 5.56 Å². The Hall–Kier alpha value is -3.19. The normalized spacial score (nSPS) is 35.8. The van der Waals surface area contributed by atoms with Gasteiger partial charge in [0.1, 0.15) is 17.1 Å². The van der Waals surface area contributed by atoms with E-state index in [1.807, 2.05) is 44.2 Å². The Balaban J connectivity index is 1.25. The molecule has 6 rings (SSSR count). The Morgan fingerprint density at radius 1 is 1.20 bits per heavy atom. The molecule has 2 aromatic rings. The molecule has 3 fully saturated rings. The van der Waals surface area contributed by atoms with E-state index in [4.69, 9.17) is 9.15 Å². The van der Waals surface area contributed by atoms with E-state index in [1.54, 1.807) is 23.3 Å². The van der Waals surface area contributed by atoms with Gasteiger partial charge < -0.3 is 19.4 Å². The van der Waals surface area contributed by atoms with E-state index in [0.717, 1.165) is 12.8 Å². The highest BCUT2D eigenvalue weighted by molar-refractivity contribution is 5.96. The van der Waals surface area contributed by atoms with Gasteiger partial charge in [0.25, 0.3) is 0 Å². The van der Waals surface area contributed by atoms with Gasteiger partial charge in [0.05, 0.1) is 36.3 Å². The molecule has 0 unspecified atom stereocenters. The standard InChI is InChI=1S/C28H30N2O5/c1-16(10-11-18-7-4-3-5-8-18)29-26(32)23-22-12-13-28(35-22)24(23)27(33)30-19(21-9-6-14-34-21)15-20(31)17(2)25(28)30/h3-9,12-14,16-17,19,22-25H,10-11,15H2,1-2H3,(H,29,32)/t16-,17-,19+,22-,23+,24-,25-,28+/m1/s1. The molecule has 0 saturated carbocycles. The largest absolute Gasteiger partial charge is 0.467 e. The maximum Gasteiger partial charge on any atom is 0.230 e. The number of hydrogen-bond acceptors (Lipinski definition) is 5. The minimum Gasteiger partial charge on any atom is -0.467 e. The molecule has 5 heterocycles. The number of benzene rings is 1. The van der Waals surface area contributed by atoms with Crippen LogP contribution in [0.1, 0.15) is 44.1 Å². The smallest absolute Gasteiger partial charge is 0.230 e. The van der Waals surface area contributed by atoms with E-state index in [-0.39, 0.29) is 36.0 Å². The molecule has 4 aliphatic heterocycles. The van der Waals surface area contributed by atoms with Gasteiger partial charge in [-0.25, -0.2) is 0 Å². The molecule has 182 valence electrons. The highest BCUT2D eigenvalue weighted by atomic mass is 16.5. The van der Waals surface area contributed by atoms with Crippen molar-refractivity contribution in [2.24, 2.45) is 17.8 Å². The van der Waals surface area contributed by atoms with E-state index in [2.05, 4.69) is 17.4 Å². The molecule has 0 radical (unpaired) electrons. The number of furan rings is 1. The lowest BCUT2D eigenvalue weighted by Gasteiger charge is -2.43. The summed E-state index contributed by atoms with van der Waals surface area (Å²) in [7, 11) is 0. The van der Waals surface area contributed by atoms with Crippen molar-refractivity contribution in [1.82, 2.24) is 10.2 Å². The number of rotatable bonds is 6. The summed E-state index contributed by atoms with van der Waals surface area (Å²) in [4.78, 5) is 42.3. The number of ketones is 1. The van der Waals surface area contributed by atoms with Crippen LogP contribution in [0.5, 0.6) is 0 Å². The van der Waals surface area contributed by atoms with Gasteiger partial charge in [0.2, 0.25) is 11.8 Å². The second-order valence-electron chi connectivity index (χ2n) is 10.4. The van der Waals surface area contributed by atoms with E-state index in [9.17, 15) is 14.4 Å². The van der Waals surface area contributed by atoms with Crippen molar-refractivity contribution in [3.05, 3.63) is 72.2 Å². The first-order valence-corrected chi connectivity index (χ1v) is 12.5. The third kappa shape index (κ3) is 3.32. The molecule has 1 spiro atoms. The minimum atomic E-state index is -0.961. The van der Waals surface area contributed by atoms with Crippen LogP contribution in [0, 0.1) is 17.8 Å².